The molecule has 1 aliphatic rings. The third kappa shape index (κ3) is 4.47. The van der Waals surface area contributed by atoms with Gasteiger partial charge in [0, 0.05) is 32.8 Å². The van der Waals surface area contributed by atoms with E-state index in [0.29, 0.717) is 19.7 Å². The summed E-state index contributed by atoms with van der Waals surface area (Å²) in [5.41, 5.74) is 0. The van der Waals surface area contributed by atoms with Crippen molar-refractivity contribution >= 4 is 10.0 Å². The monoisotopic (exact) mass is 280 g/mol. The normalized spacial score (nSPS) is 28.1. The maximum absolute atomic E-state index is 11.4. The van der Waals surface area contributed by atoms with Crippen LogP contribution in [0.1, 0.15) is 20.3 Å². The van der Waals surface area contributed by atoms with Crippen molar-refractivity contribution in [1.82, 2.24) is 10.0 Å². The summed E-state index contributed by atoms with van der Waals surface area (Å²) in [4.78, 5) is 0. The summed E-state index contributed by atoms with van der Waals surface area (Å²) in [6, 6.07) is 0.184. The fraction of sp³-hybridized carbons (Fsp3) is 1.00. The summed E-state index contributed by atoms with van der Waals surface area (Å²) >= 11 is 0. The van der Waals surface area contributed by atoms with Crippen LogP contribution in [0.15, 0.2) is 0 Å². The molecule has 0 heterocycles. The molecule has 0 bridgehead atoms. The molecule has 2 N–H and O–H groups in total. The zero-order valence-electron chi connectivity index (χ0n) is 11.3. The van der Waals surface area contributed by atoms with Gasteiger partial charge in [-0.15, -0.1) is 0 Å². The molecule has 0 aliphatic heterocycles. The Morgan fingerprint density at radius 1 is 1.33 bits per heavy atom. The molecule has 1 fully saturated rings. The first kappa shape index (κ1) is 15.8. The van der Waals surface area contributed by atoms with Gasteiger partial charge in [-0.3, -0.25) is 0 Å². The van der Waals surface area contributed by atoms with Crippen LogP contribution in [0.4, 0.5) is 0 Å². The topological polar surface area (TPSA) is 76.7 Å². The summed E-state index contributed by atoms with van der Waals surface area (Å²) < 4.78 is 36.2. The van der Waals surface area contributed by atoms with E-state index in [-0.39, 0.29) is 24.0 Å². The lowest BCUT2D eigenvalue weighted by molar-refractivity contribution is -0.130. The van der Waals surface area contributed by atoms with E-state index < -0.39 is 10.0 Å². The van der Waals surface area contributed by atoms with Crippen LogP contribution in [0, 0.1) is 0 Å². The Morgan fingerprint density at radius 3 is 2.61 bits per heavy atom. The van der Waals surface area contributed by atoms with Crippen LogP contribution in [0.2, 0.25) is 0 Å². The molecule has 108 valence electrons. The first-order valence-corrected chi connectivity index (χ1v) is 8.04. The molecular formula is C11H24N2O4S. The molecule has 6 nitrogen and oxygen atoms in total. The second-order valence-electron chi connectivity index (χ2n) is 4.31. The van der Waals surface area contributed by atoms with Crippen molar-refractivity contribution < 1.29 is 17.9 Å². The molecule has 0 aromatic heterocycles. The predicted octanol–water partition coefficient (Wildman–Crippen LogP) is -0.292. The van der Waals surface area contributed by atoms with Crippen molar-refractivity contribution in [3.63, 3.8) is 0 Å². The van der Waals surface area contributed by atoms with Crippen molar-refractivity contribution in [2.75, 3.05) is 32.6 Å². The summed E-state index contributed by atoms with van der Waals surface area (Å²) in [5.74, 6) is 0.0904. The molecular weight excluding hydrogens is 256 g/mol. The van der Waals surface area contributed by atoms with Crippen molar-refractivity contribution in [2.45, 2.75) is 38.5 Å². The molecule has 0 aromatic carbocycles. The van der Waals surface area contributed by atoms with Crippen molar-refractivity contribution in [3.8, 4) is 0 Å². The van der Waals surface area contributed by atoms with Gasteiger partial charge in [0.15, 0.2) is 0 Å². The van der Waals surface area contributed by atoms with Crippen LogP contribution in [0.3, 0.4) is 0 Å². The molecule has 0 spiro atoms. The summed E-state index contributed by atoms with van der Waals surface area (Å²) in [7, 11) is -1.49. The van der Waals surface area contributed by atoms with E-state index in [1.54, 1.807) is 14.0 Å². The molecule has 1 aliphatic carbocycles. The van der Waals surface area contributed by atoms with E-state index >= 15 is 0 Å². The number of sulfonamides is 1. The molecule has 0 saturated heterocycles. The largest absolute Gasteiger partial charge is 0.377 e. The van der Waals surface area contributed by atoms with E-state index in [2.05, 4.69) is 10.0 Å². The van der Waals surface area contributed by atoms with Gasteiger partial charge in [0.2, 0.25) is 10.0 Å². The van der Waals surface area contributed by atoms with Crippen LogP contribution < -0.4 is 10.0 Å². The zero-order chi connectivity index (χ0) is 13.6. The highest BCUT2D eigenvalue weighted by molar-refractivity contribution is 7.89. The summed E-state index contributed by atoms with van der Waals surface area (Å²) in [5, 5.41) is 3.20. The molecule has 3 atom stereocenters. The summed E-state index contributed by atoms with van der Waals surface area (Å²) in [6.07, 6.45) is 1.02. The minimum Gasteiger partial charge on any atom is -0.377 e. The number of hydrogen-bond donors (Lipinski definition) is 2. The quantitative estimate of drug-likeness (QED) is 0.607. The van der Waals surface area contributed by atoms with Gasteiger partial charge in [-0.1, -0.05) is 6.92 Å². The second kappa shape index (κ2) is 7.40. The predicted molar refractivity (Wildman–Crippen MR) is 70.1 cm³/mol. The number of ether oxygens (including phenoxy) is 2. The van der Waals surface area contributed by atoms with Crippen LogP contribution >= 0.6 is 0 Å². The maximum Gasteiger partial charge on any atom is 0.212 e. The Bertz CT molecular complexity index is 334. The fourth-order valence-electron chi connectivity index (χ4n) is 2.15. The number of nitrogens with one attached hydrogen (secondary N) is 2. The van der Waals surface area contributed by atoms with Gasteiger partial charge in [-0.2, -0.15) is 0 Å². The highest BCUT2D eigenvalue weighted by atomic mass is 32.2. The smallest absolute Gasteiger partial charge is 0.212 e. The van der Waals surface area contributed by atoms with Crippen molar-refractivity contribution in [3.05, 3.63) is 0 Å². The first-order valence-electron chi connectivity index (χ1n) is 6.39. The first-order chi connectivity index (χ1) is 8.54. The van der Waals surface area contributed by atoms with Crippen LogP contribution in [-0.2, 0) is 19.5 Å². The molecule has 1 rings (SSSR count). The van der Waals surface area contributed by atoms with E-state index in [9.17, 15) is 8.42 Å². The van der Waals surface area contributed by atoms with E-state index in [1.165, 1.54) is 0 Å². The minimum atomic E-state index is -3.14. The lowest BCUT2D eigenvalue weighted by Gasteiger charge is -2.43. The zero-order valence-corrected chi connectivity index (χ0v) is 12.1. The van der Waals surface area contributed by atoms with Crippen LogP contribution in [0.25, 0.3) is 0 Å². The molecule has 0 radical (unpaired) electrons. The molecule has 7 heteroatoms. The molecule has 0 amide bonds. The molecule has 18 heavy (non-hydrogen) atoms. The molecule has 3 unspecified atom stereocenters. The van der Waals surface area contributed by atoms with Gasteiger partial charge in [-0.25, -0.2) is 13.1 Å². The Balaban J connectivity index is 2.25. The molecule has 1 saturated carbocycles. The highest BCUT2D eigenvalue weighted by Crippen LogP contribution is 2.26. The molecule has 0 aromatic rings. The fourth-order valence-corrected chi connectivity index (χ4v) is 3.12. The third-order valence-electron chi connectivity index (χ3n) is 3.04. The Kier molecular flexibility index (Phi) is 6.51. The lowest BCUT2D eigenvalue weighted by Crippen LogP contribution is -2.60. The van der Waals surface area contributed by atoms with Gasteiger partial charge in [0.05, 0.1) is 18.0 Å². The average molecular weight is 280 g/mol. The van der Waals surface area contributed by atoms with Gasteiger partial charge in [0.25, 0.3) is 0 Å². The standard InChI is InChI=1S/C11H24N2O4S/c1-4-13-18(14,15)7-6-12-9-8-10(17-5-2)11(9)16-3/h9-13H,4-8H2,1-3H3. The van der Waals surface area contributed by atoms with Crippen molar-refractivity contribution in [1.29, 1.82) is 0 Å². The van der Waals surface area contributed by atoms with E-state index in [4.69, 9.17) is 9.47 Å². The second-order valence-corrected chi connectivity index (χ2v) is 6.23. The maximum atomic E-state index is 11.4. The summed E-state index contributed by atoms with van der Waals surface area (Å²) in [6.45, 7) is 5.25. The highest BCUT2D eigenvalue weighted by Gasteiger charge is 2.41. The lowest BCUT2D eigenvalue weighted by atomic mass is 9.85. The van der Waals surface area contributed by atoms with Gasteiger partial charge in [0.1, 0.15) is 0 Å². The Labute approximate surface area is 109 Å². The minimum absolute atomic E-state index is 0.0202. The van der Waals surface area contributed by atoms with Crippen LogP contribution in [0.5, 0.6) is 0 Å². The van der Waals surface area contributed by atoms with Gasteiger partial charge < -0.3 is 14.8 Å². The Morgan fingerprint density at radius 2 is 2.06 bits per heavy atom. The van der Waals surface area contributed by atoms with Crippen molar-refractivity contribution in [2.24, 2.45) is 0 Å². The Hall–Kier alpha value is -0.210. The number of methoxy groups -OCH3 is 1. The third-order valence-corrected chi connectivity index (χ3v) is 4.51. The van der Waals surface area contributed by atoms with Gasteiger partial charge >= 0.3 is 0 Å². The SMILES string of the molecule is CCNS(=O)(=O)CCNC1CC(OCC)C1OC. The van der Waals surface area contributed by atoms with E-state index in [0.717, 1.165) is 6.42 Å². The van der Waals surface area contributed by atoms with Gasteiger partial charge in [-0.05, 0) is 13.3 Å². The average Bonchev–Trinajstić information content (AvgIpc) is 2.27. The van der Waals surface area contributed by atoms with Crippen LogP contribution in [-0.4, -0.2) is 59.2 Å². The van der Waals surface area contributed by atoms with E-state index in [1.807, 2.05) is 6.92 Å². The number of hydrogen-bond acceptors (Lipinski definition) is 5. The number of rotatable bonds is 9.